The Balaban J connectivity index is 4.02. The summed E-state index contributed by atoms with van der Waals surface area (Å²) in [7, 11) is 0. The van der Waals surface area contributed by atoms with E-state index in [-0.39, 0.29) is 18.3 Å². The fraction of sp³-hybridized carbons (Fsp3) is 0.833. The smallest absolute Gasteiger partial charge is 0.308 e. The first-order chi connectivity index (χ1) is 8.03. The number of nitriles is 1. The van der Waals surface area contributed by atoms with E-state index in [2.05, 4.69) is 6.07 Å². The van der Waals surface area contributed by atoms with Crippen molar-refractivity contribution in [3.8, 4) is 6.07 Å². The van der Waals surface area contributed by atoms with Crippen molar-refractivity contribution in [3.63, 3.8) is 0 Å². The number of carbonyl (C=O) groups is 1. The van der Waals surface area contributed by atoms with Crippen molar-refractivity contribution in [1.29, 1.82) is 5.26 Å². The van der Waals surface area contributed by atoms with Gasteiger partial charge in [-0.15, -0.1) is 0 Å². The Morgan fingerprint density at radius 2 is 2.12 bits per heavy atom. The maximum Gasteiger partial charge on any atom is 0.308 e. The molecule has 0 aliphatic rings. The van der Waals surface area contributed by atoms with Gasteiger partial charge in [-0.3, -0.25) is 9.69 Å². The minimum atomic E-state index is -0.736. The number of hydrogen-bond acceptors (Lipinski definition) is 5. The summed E-state index contributed by atoms with van der Waals surface area (Å²) in [6, 6.07) is 2.15. The van der Waals surface area contributed by atoms with E-state index in [1.165, 1.54) is 0 Å². The van der Waals surface area contributed by atoms with Crippen LogP contribution in [0.1, 0.15) is 27.2 Å². The Hall–Kier alpha value is -1.12. The first-order valence-corrected chi connectivity index (χ1v) is 5.99. The quantitative estimate of drug-likeness (QED) is 0.637. The lowest BCUT2D eigenvalue weighted by atomic mass is 10.1. The maximum atomic E-state index is 11.1. The Morgan fingerprint density at radius 3 is 2.59 bits per heavy atom. The summed E-state index contributed by atoms with van der Waals surface area (Å²) in [5.74, 6) is -0.464. The third-order valence-corrected chi connectivity index (χ3v) is 2.38. The molecule has 0 saturated heterocycles. The van der Waals surface area contributed by atoms with Crippen LogP contribution in [0.2, 0.25) is 0 Å². The zero-order valence-corrected chi connectivity index (χ0v) is 10.8. The molecule has 0 amide bonds. The van der Waals surface area contributed by atoms with Crippen LogP contribution in [0, 0.1) is 17.2 Å². The van der Waals surface area contributed by atoms with Gasteiger partial charge in [0.1, 0.15) is 0 Å². The van der Waals surface area contributed by atoms with E-state index in [0.29, 0.717) is 19.7 Å². The molecular formula is C12H22N2O3. The van der Waals surface area contributed by atoms with Crippen molar-refractivity contribution >= 4 is 5.97 Å². The highest BCUT2D eigenvalue weighted by Crippen LogP contribution is 2.03. The van der Waals surface area contributed by atoms with Crippen LogP contribution in [-0.4, -0.2) is 48.3 Å². The Kier molecular flexibility index (Phi) is 8.38. The van der Waals surface area contributed by atoms with Crippen molar-refractivity contribution in [2.75, 3.05) is 26.2 Å². The van der Waals surface area contributed by atoms with Crippen LogP contribution < -0.4 is 0 Å². The maximum absolute atomic E-state index is 11.1. The minimum Gasteiger partial charge on any atom is -0.466 e. The first-order valence-electron chi connectivity index (χ1n) is 5.99. The lowest BCUT2D eigenvalue weighted by molar-refractivity contribution is -0.145. The molecule has 0 aliphatic carbocycles. The highest BCUT2D eigenvalue weighted by molar-refractivity contribution is 5.69. The first kappa shape index (κ1) is 15.9. The van der Waals surface area contributed by atoms with Crippen LogP contribution in [0.25, 0.3) is 0 Å². The van der Waals surface area contributed by atoms with Gasteiger partial charge in [0.2, 0.25) is 0 Å². The molecule has 0 radical (unpaired) electrons. The van der Waals surface area contributed by atoms with E-state index in [9.17, 15) is 9.90 Å². The van der Waals surface area contributed by atoms with Crippen LogP contribution in [-0.2, 0) is 9.53 Å². The Bertz CT molecular complexity index is 263. The second-order valence-electron chi connectivity index (χ2n) is 4.05. The molecule has 0 saturated carbocycles. The molecule has 5 nitrogen and oxygen atoms in total. The molecule has 0 heterocycles. The molecule has 2 unspecified atom stereocenters. The second kappa shape index (κ2) is 8.97. The summed E-state index contributed by atoms with van der Waals surface area (Å²) in [4.78, 5) is 13.1. The molecule has 0 aromatic rings. The molecule has 98 valence electrons. The zero-order valence-electron chi connectivity index (χ0n) is 10.8. The zero-order chi connectivity index (χ0) is 13.3. The van der Waals surface area contributed by atoms with Crippen LogP contribution >= 0.6 is 0 Å². The number of nitrogens with zero attached hydrogens (tertiary/aromatic N) is 2. The fourth-order valence-electron chi connectivity index (χ4n) is 1.54. The van der Waals surface area contributed by atoms with Crippen LogP contribution in [0.3, 0.4) is 0 Å². The Morgan fingerprint density at radius 1 is 1.47 bits per heavy atom. The highest BCUT2D eigenvalue weighted by atomic mass is 16.5. The van der Waals surface area contributed by atoms with Gasteiger partial charge < -0.3 is 9.84 Å². The predicted octanol–water partition coefficient (Wildman–Crippen LogP) is 0.782. The molecule has 0 aromatic carbocycles. The van der Waals surface area contributed by atoms with Crippen molar-refractivity contribution in [1.82, 2.24) is 4.90 Å². The summed E-state index contributed by atoms with van der Waals surface area (Å²) < 4.78 is 4.76. The van der Waals surface area contributed by atoms with E-state index in [1.807, 2.05) is 18.7 Å². The van der Waals surface area contributed by atoms with Crippen molar-refractivity contribution < 1.29 is 14.6 Å². The van der Waals surface area contributed by atoms with Gasteiger partial charge in [0, 0.05) is 13.1 Å². The topological polar surface area (TPSA) is 73.6 Å². The minimum absolute atomic E-state index is 0.00523. The number of aliphatic hydroxyl groups excluding tert-OH is 1. The van der Waals surface area contributed by atoms with Gasteiger partial charge >= 0.3 is 5.97 Å². The van der Waals surface area contributed by atoms with Gasteiger partial charge in [0.15, 0.2) is 0 Å². The van der Waals surface area contributed by atoms with Gasteiger partial charge in [-0.1, -0.05) is 6.92 Å². The van der Waals surface area contributed by atoms with Crippen LogP contribution in [0.5, 0.6) is 0 Å². The monoisotopic (exact) mass is 242 g/mol. The normalized spacial score (nSPS) is 14.1. The van der Waals surface area contributed by atoms with Crippen LogP contribution in [0.15, 0.2) is 0 Å². The van der Waals surface area contributed by atoms with E-state index < -0.39 is 6.10 Å². The third-order valence-electron chi connectivity index (χ3n) is 2.38. The summed E-state index contributed by atoms with van der Waals surface area (Å²) in [6.45, 7) is 7.59. The number of likely N-dealkylation sites (N-methyl/N-ethyl adjacent to an activating group) is 1. The van der Waals surface area contributed by atoms with E-state index >= 15 is 0 Å². The molecule has 1 N–H and O–H groups in total. The van der Waals surface area contributed by atoms with Crippen molar-refractivity contribution in [3.05, 3.63) is 0 Å². The van der Waals surface area contributed by atoms with E-state index in [4.69, 9.17) is 10.00 Å². The SMILES string of the molecule is CCOC(=O)CC(O)CN(CC)CC(C)C#N. The van der Waals surface area contributed by atoms with Gasteiger partial charge in [0.25, 0.3) is 0 Å². The summed E-state index contributed by atoms with van der Waals surface area (Å²) >= 11 is 0. The van der Waals surface area contributed by atoms with E-state index in [0.717, 1.165) is 6.54 Å². The number of hydrogen-bond donors (Lipinski definition) is 1. The van der Waals surface area contributed by atoms with Crippen LogP contribution in [0.4, 0.5) is 0 Å². The van der Waals surface area contributed by atoms with Gasteiger partial charge in [-0.2, -0.15) is 5.26 Å². The Labute approximate surface area is 103 Å². The molecular weight excluding hydrogens is 220 g/mol. The fourth-order valence-corrected chi connectivity index (χ4v) is 1.54. The van der Waals surface area contributed by atoms with Crippen molar-refractivity contribution in [2.45, 2.75) is 33.3 Å². The van der Waals surface area contributed by atoms with Gasteiger partial charge in [-0.05, 0) is 20.4 Å². The largest absolute Gasteiger partial charge is 0.466 e. The molecule has 5 heteroatoms. The predicted molar refractivity (Wildman–Crippen MR) is 64.1 cm³/mol. The highest BCUT2D eigenvalue weighted by Gasteiger charge is 2.16. The molecule has 0 aromatic heterocycles. The molecule has 0 fully saturated rings. The standard InChI is InChI=1S/C12H22N2O3/c1-4-14(8-10(3)7-13)9-11(15)6-12(16)17-5-2/h10-11,15H,4-6,8-9H2,1-3H3. The number of rotatable bonds is 8. The van der Waals surface area contributed by atoms with Crippen molar-refractivity contribution in [2.24, 2.45) is 5.92 Å². The molecule has 0 rings (SSSR count). The average Bonchev–Trinajstić information content (AvgIpc) is 2.27. The number of aliphatic hydroxyl groups is 1. The number of esters is 1. The molecule has 2 atom stereocenters. The summed E-state index contributed by atoms with van der Waals surface area (Å²) in [6.07, 6.45) is -0.731. The lowest BCUT2D eigenvalue weighted by Crippen LogP contribution is -2.36. The molecule has 0 aliphatic heterocycles. The second-order valence-corrected chi connectivity index (χ2v) is 4.05. The molecule has 0 spiro atoms. The third kappa shape index (κ3) is 7.72. The number of carbonyl (C=O) groups excluding carboxylic acids is 1. The van der Waals surface area contributed by atoms with Gasteiger partial charge in [-0.25, -0.2) is 0 Å². The summed E-state index contributed by atoms with van der Waals surface area (Å²) in [5.41, 5.74) is 0. The summed E-state index contributed by atoms with van der Waals surface area (Å²) in [5, 5.41) is 18.4. The lowest BCUT2D eigenvalue weighted by Gasteiger charge is -2.24. The molecule has 17 heavy (non-hydrogen) atoms. The molecule has 0 bridgehead atoms. The number of ether oxygens (including phenoxy) is 1. The van der Waals surface area contributed by atoms with E-state index in [1.54, 1.807) is 6.92 Å². The van der Waals surface area contributed by atoms with Gasteiger partial charge in [0.05, 0.1) is 31.1 Å². The average molecular weight is 242 g/mol.